The molecule has 0 aliphatic heterocycles. The Morgan fingerprint density at radius 3 is 2.43 bits per heavy atom. The Bertz CT molecular complexity index is 736. The molecule has 124 valence electrons. The fourth-order valence-corrected chi connectivity index (χ4v) is 1.80. The highest BCUT2D eigenvalue weighted by atomic mass is 16.4. The highest BCUT2D eigenvalue weighted by Gasteiger charge is 2.30. The Hall–Kier alpha value is -2.64. The first-order chi connectivity index (χ1) is 10.5. The van der Waals surface area contributed by atoms with Crippen LogP contribution in [0.25, 0.3) is 0 Å². The standard InChI is InChI=1S/C15H21N5O3/c1-14(2,3)10-8-9(17-18-10)12(21)16-11-6-7-20(19-11)15(4,5)13(22)23/h6-8H,1-5H3,(H,17,18)(H,22,23)(H,16,19,21). The van der Waals surface area contributed by atoms with E-state index in [0.717, 1.165) is 5.69 Å². The first kappa shape index (κ1) is 16.7. The van der Waals surface area contributed by atoms with Gasteiger partial charge in [-0.05, 0) is 19.9 Å². The molecule has 0 radical (unpaired) electrons. The van der Waals surface area contributed by atoms with Gasteiger partial charge in [0, 0.05) is 23.4 Å². The Labute approximate surface area is 133 Å². The molecule has 0 unspecified atom stereocenters. The van der Waals surface area contributed by atoms with Crippen molar-refractivity contribution in [3.8, 4) is 0 Å². The third-order valence-corrected chi connectivity index (χ3v) is 3.55. The summed E-state index contributed by atoms with van der Waals surface area (Å²) in [6, 6.07) is 3.23. The highest BCUT2D eigenvalue weighted by molar-refractivity contribution is 6.02. The number of anilines is 1. The number of nitrogens with zero attached hydrogens (tertiary/aromatic N) is 3. The molecule has 8 nitrogen and oxygen atoms in total. The molecule has 8 heteroatoms. The molecule has 0 saturated heterocycles. The van der Waals surface area contributed by atoms with Crippen molar-refractivity contribution in [1.29, 1.82) is 0 Å². The van der Waals surface area contributed by atoms with Gasteiger partial charge < -0.3 is 10.4 Å². The summed E-state index contributed by atoms with van der Waals surface area (Å²) >= 11 is 0. The lowest BCUT2D eigenvalue weighted by Crippen LogP contribution is -2.36. The van der Waals surface area contributed by atoms with Crippen molar-refractivity contribution in [2.45, 2.75) is 45.6 Å². The van der Waals surface area contributed by atoms with Crippen molar-refractivity contribution in [2.75, 3.05) is 5.32 Å². The highest BCUT2D eigenvalue weighted by Crippen LogP contribution is 2.21. The van der Waals surface area contributed by atoms with Crippen molar-refractivity contribution in [2.24, 2.45) is 0 Å². The van der Waals surface area contributed by atoms with E-state index in [2.05, 4.69) is 20.6 Å². The molecule has 0 aliphatic rings. The van der Waals surface area contributed by atoms with Crippen molar-refractivity contribution >= 4 is 17.7 Å². The molecular weight excluding hydrogens is 298 g/mol. The van der Waals surface area contributed by atoms with Gasteiger partial charge in [0.1, 0.15) is 0 Å². The summed E-state index contributed by atoms with van der Waals surface area (Å²) in [5.41, 5.74) is -0.241. The number of hydrogen-bond acceptors (Lipinski definition) is 4. The van der Waals surface area contributed by atoms with Gasteiger partial charge >= 0.3 is 5.97 Å². The van der Waals surface area contributed by atoms with Gasteiger partial charge in [-0.3, -0.25) is 14.6 Å². The first-order valence-electron chi connectivity index (χ1n) is 7.18. The molecule has 0 bridgehead atoms. The summed E-state index contributed by atoms with van der Waals surface area (Å²) in [5.74, 6) is -1.15. The van der Waals surface area contributed by atoms with Crippen LogP contribution in [0, 0.1) is 0 Å². The van der Waals surface area contributed by atoms with E-state index in [1.54, 1.807) is 12.1 Å². The van der Waals surface area contributed by atoms with E-state index >= 15 is 0 Å². The Balaban J connectivity index is 2.14. The Morgan fingerprint density at radius 2 is 1.91 bits per heavy atom. The monoisotopic (exact) mass is 319 g/mol. The zero-order valence-electron chi connectivity index (χ0n) is 13.8. The van der Waals surface area contributed by atoms with Gasteiger partial charge in [0.05, 0.1) is 0 Å². The molecule has 23 heavy (non-hydrogen) atoms. The number of nitrogens with one attached hydrogen (secondary N) is 2. The number of carbonyl (C=O) groups is 2. The molecule has 0 fully saturated rings. The van der Waals surface area contributed by atoms with E-state index in [1.165, 1.54) is 24.7 Å². The quantitative estimate of drug-likeness (QED) is 0.797. The topological polar surface area (TPSA) is 113 Å². The minimum absolute atomic E-state index is 0.140. The lowest BCUT2D eigenvalue weighted by atomic mass is 9.92. The summed E-state index contributed by atoms with van der Waals surface area (Å²) in [6.45, 7) is 9.09. The van der Waals surface area contributed by atoms with Gasteiger partial charge in [0.2, 0.25) is 0 Å². The summed E-state index contributed by atoms with van der Waals surface area (Å²) in [7, 11) is 0. The molecule has 1 amide bonds. The van der Waals surface area contributed by atoms with Crippen molar-refractivity contribution in [1.82, 2.24) is 20.0 Å². The van der Waals surface area contributed by atoms with Crippen LogP contribution in [0.4, 0.5) is 5.82 Å². The Morgan fingerprint density at radius 1 is 1.26 bits per heavy atom. The van der Waals surface area contributed by atoms with Gasteiger partial charge in [0.25, 0.3) is 5.91 Å². The second kappa shape index (κ2) is 5.53. The van der Waals surface area contributed by atoms with Crippen LogP contribution in [0.15, 0.2) is 18.3 Å². The average Bonchev–Trinajstić information content (AvgIpc) is 3.06. The van der Waals surface area contributed by atoms with E-state index in [0.29, 0.717) is 0 Å². The molecular formula is C15H21N5O3. The molecule has 0 saturated carbocycles. The molecule has 3 N–H and O–H groups in total. The van der Waals surface area contributed by atoms with Gasteiger partial charge in [-0.1, -0.05) is 20.8 Å². The van der Waals surface area contributed by atoms with Crippen LogP contribution < -0.4 is 5.32 Å². The number of hydrogen-bond donors (Lipinski definition) is 3. The van der Waals surface area contributed by atoms with Crippen LogP contribution >= 0.6 is 0 Å². The van der Waals surface area contributed by atoms with Crippen LogP contribution in [0.2, 0.25) is 0 Å². The van der Waals surface area contributed by atoms with Crippen LogP contribution in [0.5, 0.6) is 0 Å². The predicted molar refractivity (Wildman–Crippen MR) is 84.4 cm³/mol. The Kier molecular flexibility index (Phi) is 4.02. The summed E-state index contributed by atoms with van der Waals surface area (Å²) in [6.07, 6.45) is 1.51. The van der Waals surface area contributed by atoms with E-state index in [1.807, 2.05) is 20.8 Å². The SMILES string of the molecule is CC(C)(C)c1cc(C(=O)Nc2ccn(C(C)(C)C(=O)O)n2)n[nH]1. The number of carbonyl (C=O) groups excluding carboxylic acids is 1. The van der Waals surface area contributed by atoms with E-state index in [4.69, 9.17) is 0 Å². The third-order valence-electron chi connectivity index (χ3n) is 3.55. The van der Waals surface area contributed by atoms with Crippen LogP contribution in [0.3, 0.4) is 0 Å². The summed E-state index contributed by atoms with van der Waals surface area (Å²) in [5, 5.41) is 22.7. The van der Waals surface area contributed by atoms with Crippen molar-refractivity contribution in [3.63, 3.8) is 0 Å². The maximum Gasteiger partial charge on any atom is 0.331 e. The molecule has 0 aromatic carbocycles. The largest absolute Gasteiger partial charge is 0.479 e. The van der Waals surface area contributed by atoms with Gasteiger partial charge in [-0.25, -0.2) is 4.79 Å². The summed E-state index contributed by atoms with van der Waals surface area (Å²) < 4.78 is 1.29. The zero-order chi connectivity index (χ0) is 17.4. The number of aromatic amines is 1. The fraction of sp³-hybridized carbons (Fsp3) is 0.467. The molecule has 0 spiro atoms. The van der Waals surface area contributed by atoms with Crippen LogP contribution in [-0.2, 0) is 15.7 Å². The minimum Gasteiger partial charge on any atom is -0.479 e. The maximum atomic E-state index is 12.2. The van der Waals surface area contributed by atoms with Crippen LogP contribution in [-0.4, -0.2) is 37.0 Å². The van der Waals surface area contributed by atoms with Gasteiger partial charge in [-0.15, -0.1) is 0 Å². The predicted octanol–water partition coefficient (Wildman–Crippen LogP) is 1.98. The first-order valence-corrected chi connectivity index (χ1v) is 7.18. The van der Waals surface area contributed by atoms with Gasteiger partial charge in [0.15, 0.2) is 17.1 Å². The maximum absolute atomic E-state index is 12.2. The summed E-state index contributed by atoms with van der Waals surface area (Å²) in [4.78, 5) is 23.4. The molecule has 2 heterocycles. The molecule has 2 aromatic rings. The zero-order valence-corrected chi connectivity index (χ0v) is 13.8. The lowest BCUT2D eigenvalue weighted by Gasteiger charge is -2.19. The molecule has 2 rings (SSSR count). The normalized spacial score (nSPS) is 12.2. The lowest BCUT2D eigenvalue weighted by molar-refractivity contribution is -0.146. The number of rotatable bonds is 4. The van der Waals surface area contributed by atoms with Crippen LogP contribution in [0.1, 0.15) is 50.8 Å². The number of aromatic nitrogens is 4. The molecule has 0 atom stereocenters. The number of amides is 1. The number of aliphatic carboxylic acids is 1. The smallest absolute Gasteiger partial charge is 0.331 e. The average molecular weight is 319 g/mol. The number of H-pyrrole nitrogens is 1. The minimum atomic E-state index is -1.20. The van der Waals surface area contributed by atoms with Gasteiger partial charge in [-0.2, -0.15) is 10.2 Å². The second-order valence-corrected chi connectivity index (χ2v) is 6.88. The molecule has 2 aromatic heterocycles. The van der Waals surface area contributed by atoms with E-state index in [9.17, 15) is 14.7 Å². The van der Waals surface area contributed by atoms with E-state index < -0.39 is 17.4 Å². The van der Waals surface area contributed by atoms with Crippen molar-refractivity contribution < 1.29 is 14.7 Å². The fourth-order valence-electron chi connectivity index (χ4n) is 1.80. The van der Waals surface area contributed by atoms with E-state index in [-0.39, 0.29) is 16.9 Å². The van der Waals surface area contributed by atoms with Crippen molar-refractivity contribution in [3.05, 3.63) is 29.7 Å². The third kappa shape index (κ3) is 3.41. The second-order valence-electron chi connectivity index (χ2n) is 6.88. The molecule has 0 aliphatic carbocycles. The number of carboxylic acid groups (broad SMARTS) is 1. The number of carboxylic acids is 1.